The molecule has 0 aliphatic carbocycles. The number of nitrogens with zero attached hydrogens (tertiary/aromatic N) is 2. The summed E-state index contributed by atoms with van der Waals surface area (Å²) in [7, 11) is 0. The van der Waals surface area contributed by atoms with Gasteiger partial charge >= 0.3 is 0 Å². The fourth-order valence-corrected chi connectivity index (χ4v) is 2.96. The Labute approximate surface area is 180 Å². The van der Waals surface area contributed by atoms with Crippen molar-refractivity contribution in [3.8, 4) is 17.0 Å². The van der Waals surface area contributed by atoms with Gasteiger partial charge in [-0.15, -0.1) is 0 Å². The van der Waals surface area contributed by atoms with Gasteiger partial charge in [0.25, 0.3) is 5.91 Å². The first-order valence-corrected chi connectivity index (χ1v) is 9.90. The van der Waals surface area contributed by atoms with Gasteiger partial charge in [-0.1, -0.05) is 72.3 Å². The van der Waals surface area contributed by atoms with Crippen LogP contribution < -0.4 is 10.2 Å². The number of hydrogen-bond donors (Lipinski definition) is 2. The number of carbonyl (C=O) groups excluding carboxylic acids is 1. The first kappa shape index (κ1) is 20.1. The van der Waals surface area contributed by atoms with Crippen LogP contribution in [0.2, 0.25) is 0 Å². The molecule has 0 spiro atoms. The zero-order chi connectivity index (χ0) is 21.5. The molecule has 0 saturated heterocycles. The van der Waals surface area contributed by atoms with E-state index in [4.69, 9.17) is 4.74 Å². The molecule has 4 rings (SSSR count). The van der Waals surface area contributed by atoms with Gasteiger partial charge in [0.15, 0.2) is 0 Å². The zero-order valence-corrected chi connectivity index (χ0v) is 17.1. The van der Waals surface area contributed by atoms with E-state index in [2.05, 4.69) is 20.7 Å². The molecule has 0 unspecified atom stereocenters. The summed E-state index contributed by atoms with van der Waals surface area (Å²) in [5, 5.41) is 11.0. The van der Waals surface area contributed by atoms with Crippen LogP contribution in [0, 0.1) is 6.92 Å². The maximum atomic E-state index is 12.3. The summed E-state index contributed by atoms with van der Waals surface area (Å²) in [4.78, 5) is 12.3. The predicted molar refractivity (Wildman–Crippen MR) is 121 cm³/mol. The first-order valence-electron chi connectivity index (χ1n) is 9.90. The van der Waals surface area contributed by atoms with Gasteiger partial charge in [0.05, 0.1) is 11.9 Å². The van der Waals surface area contributed by atoms with E-state index in [-0.39, 0.29) is 5.91 Å². The van der Waals surface area contributed by atoms with Crippen molar-refractivity contribution in [3.05, 3.63) is 107 Å². The highest BCUT2D eigenvalue weighted by Crippen LogP contribution is 2.18. The van der Waals surface area contributed by atoms with Gasteiger partial charge in [-0.3, -0.25) is 9.89 Å². The lowest BCUT2D eigenvalue weighted by Gasteiger charge is -2.06. The van der Waals surface area contributed by atoms with Crippen LogP contribution in [-0.2, 0) is 6.61 Å². The molecule has 1 heterocycles. The highest BCUT2D eigenvalue weighted by molar-refractivity contribution is 5.94. The Morgan fingerprint density at radius 1 is 1.03 bits per heavy atom. The van der Waals surface area contributed by atoms with Crippen molar-refractivity contribution in [3.63, 3.8) is 0 Å². The molecule has 6 heteroatoms. The quantitative estimate of drug-likeness (QED) is 0.342. The number of H-pyrrole nitrogens is 1. The van der Waals surface area contributed by atoms with Crippen LogP contribution in [0.1, 0.15) is 27.2 Å². The maximum absolute atomic E-state index is 12.3. The molecule has 2 N–H and O–H groups in total. The summed E-state index contributed by atoms with van der Waals surface area (Å²) in [5.41, 5.74) is 7.58. The van der Waals surface area contributed by atoms with Crippen molar-refractivity contribution in [2.24, 2.45) is 5.10 Å². The summed E-state index contributed by atoms with van der Waals surface area (Å²) in [6.45, 7) is 2.51. The third kappa shape index (κ3) is 5.45. The second kappa shape index (κ2) is 9.54. The Kier molecular flexibility index (Phi) is 6.18. The molecule has 3 aromatic carbocycles. The average Bonchev–Trinajstić information content (AvgIpc) is 3.30. The van der Waals surface area contributed by atoms with E-state index in [1.54, 1.807) is 12.3 Å². The van der Waals surface area contributed by atoms with Gasteiger partial charge < -0.3 is 4.74 Å². The first-order chi connectivity index (χ1) is 15.2. The Hall–Kier alpha value is -4.19. The fourth-order valence-electron chi connectivity index (χ4n) is 2.96. The van der Waals surface area contributed by atoms with Crippen molar-refractivity contribution in [1.29, 1.82) is 0 Å². The number of amides is 1. The number of aromatic nitrogens is 2. The van der Waals surface area contributed by atoms with E-state index in [0.717, 1.165) is 22.4 Å². The smallest absolute Gasteiger partial charge is 0.289 e. The standard InChI is InChI=1S/C25H22N4O2/c1-18-10-12-21(13-11-18)23-15-24(28-27-23)25(30)29-26-16-20-8-5-9-22(14-20)31-17-19-6-3-2-4-7-19/h2-16H,17H2,1H3,(H,27,28)(H,29,30). The lowest BCUT2D eigenvalue weighted by molar-refractivity contribution is 0.0950. The minimum absolute atomic E-state index is 0.340. The third-order valence-corrected chi connectivity index (χ3v) is 4.66. The minimum atomic E-state index is -0.362. The summed E-state index contributed by atoms with van der Waals surface area (Å²) in [6, 6.07) is 27.1. The van der Waals surface area contributed by atoms with Crippen molar-refractivity contribution < 1.29 is 9.53 Å². The molecule has 0 saturated carbocycles. The second-order valence-electron chi connectivity index (χ2n) is 7.08. The van der Waals surface area contributed by atoms with E-state index in [9.17, 15) is 4.79 Å². The van der Waals surface area contributed by atoms with E-state index in [1.165, 1.54) is 5.56 Å². The highest BCUT2D eigenvalue weighted by Gasteiger charge is 2.10. The Bertz CT molecular complexity index is 1180. The van der Waals surface area contributed by atoms with Crippen molar-refractivity contribution in [2.45, 2.75) is 13.5 Å². The van der Waals surface area contributed by atoms with Gasteiger partial charge in [0, 0.05) is 5.56 Å². The molecule has 0 fully saturated rings. The van der Waals surface area contributed by atoms with Crippen LogP contribution in [0.5, 0.6) is 5.75 Å². The molecular weight excluding hydrogens is 388 g/mol. The van der Waals surface area contributed by atoms with Gasteiger partial charge in [0.1, 0.15) is 18.1 Å². The van der Waals surface area contributed by atoms with Crippen LogP contribution in [0.3, 0.4) is 0 Å². The summed E-state index contributed by atoms with van der Waals surface area (Å²) in [5.74, 6) is 0.369. The van der Waals surface area contributed by atoms with Crippen LogP contribution >= 0.6 is 0 Å². The molecule has 4 aromatic rings. The van der Waals surface area contributed by atoms with Crippen molar-refractivity contribution >= 4 is 12.1 Å². The van der Waals surface area contributed by atoms with E-state index in [1.807, 2.05) is 85.8 Å². The van der Waals surface area contributed by atoms with Crippen LogP contribution in [0.25, 0.3) is 11.3 Å². The van der Waals surface area contributed by atoms with Crippen molar-refractivity contribution in [2.75, 3.05) is 0 Å². The van der Waals surface area contributed by atoms with Crippen LogP contribution in [0.15, 0.2) is 90.0 Å². The second-order valence-corrected chi connectivity index (χ2v) is 7.08. The fraction of sp³-hybridized carbons (Fsp3) is 0.0800. The molecule has 1 amide bonds. The number of rotatable bonds is 7. The Morgan fingerprint density at radius 2 is 1.84 bits per heavy atom. The summed E-state index contributed by atoms with van der Waals surface area (Å²) >= 11 is 0. The number of aryl methyl sites for hydroxylation is 1. The monoisotopic (exact) mass is 410 g/mol. The van der Waals surface area contributed by atoms with E-state index >= 15 is 0 Å². The maximum Gasteiger partial charge on any atom is 0.289 e. The number of aromatic amines is 1. The normalized spacial score (nSPS) is 10.9. The summed E-state index contributed by atoms with van der Waals surface area (Å²) < 4.78 is 5.82. The topological polar surface area (TPSA) is 79.4 Å². The Morgan fingerprint density at radius 3 is 2.65 bits per heavy atom. The average molecular weight is 410 g/mol. The zero-order valence-electron chi connectivity index (χ0n) is 17.1. The van der Waals surface area contributed by atoms with Crippen LogP contribution in [-0.4, -0.2) is 22.3 Å². The minimum Gasteiger partial charge on any atom is -0.489 e. The molecule has 0 bridgehead atoms. The molecule has 0 aliphatic rings. The molecule has 0 atom stereocenters. The van der Waals surface area contributed by atoms with Gasteiger partial charge in [0.2, 0.25) is 0 Å². The molecule has 1 aromatic heterocycles. The van der Waals surface area contributed by atoms with Gasteiger partial charge in [-0.25, -0.2) is 5.43 Å². The molecule has 0 aliphatic heterocycles. The summed E-state index contributed by atoms with van der Waals surface area (Å²) in [6.07, 6.45) is 1.57. The SMILES string of the molecule is Cc1ccc(-c2cc(C(=O)NN=Cc3cccc(OCc4ccccc4)c3)[nH]n2)cc1. The van der Waals surface area contributed by atoms with Gasteiger partial charge in [-0.2, -0.15) is 10.2 Å². The Balaban J connectivity index is 1.34. The van der Waals surface area contributed by atoms with Crippen molar-refractivity contribution in [1.82, 2.24) is 15.6 Å². The molecular formula is C25H22N4O2. The molecule has 6 nitrogen and oxygen atoms in total. The molecule has 0 radical (unpaired) electrons. The molecule has 154 valence electrons. The number of benzene rings is 3. The largest absolute Gasteiger partial charge is 0.489 e. The lowest BCUT2D eigenvalue weighted by Crippen LogP contribution is -2.18. The van der Waals surface area contributed by atoms with Crippen LogP contribution in [0.4, 0.5) is 0 Å². The number of nitrogens with one attached hydrogen (secondary N) is 2. The van der Waals surface area contributed by atoms with E-state index in [0.29, 0.717) is 18.0 Å². The van der Waals surface area contributed by atoms with E-state index < -0.39 is 0 Å². The number of carbonyl (C=O) groups is 1. The number of hydrazone groups is 1. The van der Waals surface area contributed by atoms with Gasteiger partial charge in [-0.05, 0) is 36.2 Å². The number of ether oxygens (including phenoxy) is 1. The lowest BCUT2D eigenvalue weighted by atomic mass is 10.1. The molecule has 31 heavy (non-hydrogen) atoms. The highest BCUT2D eigenvalue weighted by atomic mass is 16.5. The third-order valence-electron chi connectivity index (χ3n) is 4.66. The predicted octanol–water partition coefficient (Wildman–Crippen LogP) is 4.73. The number of hydrogen-bond acceptors (Lipinski definition) is 4.